The molecule has 0 aliphatic rings. The summed E-state index contributed by atoms with van der Waals surface area (Å²) >= 11 is 0. The lowest BCUT2D eigenvalue weighted by Crippen LogP contribution is -2.12. The number of nitro benzene ring substituents is 1. The Labute approximate surface area is 161 Å². The molecule has 6 heteroatoms. The fraction of sp³-hybridized carbons (Fsp3) is 0. The van der Waals surface area contributed by atoms with Gasteiger partial charge in [-0.15, -0.1) is 0 Å². The maximum atomic E-state index is 12.7. The number of non-ortho nitro benzene ring substituents is 1. The summed E-state index contributed by atoms with van der Waals surface area (Å²) in [5, 5.41) is 13.4. The molecule has 0 saturated heterocycles. The maximum Gasteiger partial charge on any atom is 0.269 e. The first-order chi connectivity index (χ1) is 13.5. The van der Waals surface area contributed by atoms with Crippen LogP contribution in [0.4, 0.5) is 11.4 Å². The van der Waals surface area contributed by atoms with E-state index in [2.05, 4.69) is 5.32 Å². The van der Waals surface area contributed by atoms with Gasteiger partial charge in [0.25, 0.3) is 5.69 Å². The zero-order valence-electron chi connectivity index (χ0n) is 14.7. The SMILES string of the molecule is O=C(/C=C/c1ccc([N+](=O)[O-])cc1)Nc1ccccc1C(=O)c1ccccc1. The van der Waals surface area contributed by atoms with Gasteiger partial charge in [-0.1, -0.05) is 42.5 Å². The number of hydrogen-bond acceptors (Lipinski definition) is 4. The molecular weight excluding hydrogens is 356 g/mol. The summed E-state index contributed by atoms with van der Waals surface area (Å²) < 4.78 is 0. The second-order valence-electron chi connectivity index (χ2n) is 5.91. The molecule has 0 bridgehead atoms. The highest BCUT2D eigenvalue weighted by molar-refractivity contribution is 6.14. The average Bonchev–Trinajstić information content (AvgIpc) is 2.73. The predicted molar refractivity (Wildman–Crippen MR) is 107 cm³/mol. The molecule has 0 saturated carbocycles. The summed E-state index contributed by atoms with van der Waals surface area (Å²) in [6.45, 7) is 0. The van der Waals surface area contributed by atoms with E-state index in [9.17, 15) is 19.7 Å². The van der Waals surface area contributed by atoms with Gasteiger partial charge >= 0.3 is 0 Å². The number of nitro groups is 1. The van der Waals surface area contributed by atoms with E-state index >= 15 is 0 Å². The van der Waals surface area contributed by atoms with Crippen LogP contribution in [0.15, 0.2) is 84.9 Å². The van der Waals surface area contributed by atoms with Crippen molar-refractivity contribution in [1.82, 2.24) is 0 Å². The van der Waals surface area contributed by atoms with E-state index in [1.54, 1.807) is 66.7 Å². The number of ketones is 1. The van der Waals surface area contributed by atoms with Crippen LogP contribution in [0, 0.1) is 10.1 Å². The monoisotopic (exact) mass is 372 g/mol. The molecule has 0 unspecified atom stereocenters. The van der Waals surface area contributed by atoms with E-state index in [-0.39, 0.29) is 11.5 Å². The molecular formula is C22H16N2O4. The van der Waals surface area contributed by atoms with Gasteiger partial charge in [0.15, 0.2) is 5.78 Å². The Morgan fingerprint density at radius 2 is 1.50 bits per heavy atom. The minimum Gasteiger partial charge on any atom is -0.322 e. The summed E-state index contributed by atoms with van der Waals surface area (Å²) in [7, 11) is 0. The number of nitrogens with one attached hydrogen (secondary N) is 1. The predicted octanol–water partition coefficient (Wildman–Crippen LogP) is 4.48. The lowest BCUT2D eigenvalue weighted by Gasteiger charge is -2.09. The van der Waals surface area contributed by atoms with Crippen LogP contribution in [0.25, 0.3) is 6.08 Å². The number of carbonyl (C=O) groups excluding carboxylic acids is 2. The van der Waals surface area contributed by atoms with Crippen LogP contribution in [-0.2, 0) is 4.79 Å². The lowest BCUT2D eigenvalue weighted by molar-refractivity contribution is -0.384. The minimum absolute atomic E-state index is 0.0186. The molecule has 3 aromatic rings. The first-order valence-corrected chi connectivity index (χ1v) is 8.47. The zero-order valence-corrected chi connectivity index (χ0v) is 14.7. The highest BCUT2D eigenvalue weighted by Gasteiger charge is 2.14. The molecule has 1 N–H and O–H groups in total. The Hall–Kier alpha value is -4.06. The van der Waals surface area contributed by atoms with Crippen LogP contribution in [0.1, 0.15) is 21.5 Å². The highest BCUT2D eigenvalue weighted by Crippen LogP contribution is 2.19. The van der Waals surface area contributed by atoms with Crippen molar-refractivity contribution in [3.63, 3.8) is 0 Å². The Morgan fingerprint density at radius 1 is 0.857 bits per heavy atom. The van der Waals surface area contributed by atoms with Crippen molar-refractivity contribution in [2.24, 2.45) is 0 Å². The molecule has 0 atom stereocenters. The van der Waals surface area contributed by atoms with Crippen molar-refractivity contribution in [2.45, 2.75) is 0 Å². The minimum atomic E-state index is -0.485. The number of amides is 1. The molecule has 0 aliphatic heterocycles. The molecule has 0 aromatic heterocycles. The van der Waals surface area contributed by atoms with Gasteiger partial charge in [0.05, 0.1) is 10.6 Å². The third-order valence-electron chi connectivity index (χ3n) is 4.00. The van der Waals surface area contributed by atoms with Gasteiger partial charge < -0.3 is 5.32 Å². The molecule has 0 heterocycles. The summed E-state index contributed by atoms with van der Waals surface area (Å²) in [5.41, 5.74) is 1.97. The number of hydrogen-bond donors (Lipinski definition) is 1. The number of nitrogens with zero attached hydrogens (tertiary/aromatic N) is 1. The van der Waals surface area contributed by atoms with Crippen LogP contribution in [-0.4, -0.2) is 16.6 Å². The summed E-state index contributed by atoms with van der Waals surface area (Å²) in [5.74, 6) is -0.595. The largest absolute Gasteiger partial charge is 0.322 e. The van der Waals surface area contributed by atoms with Gasteiger partial charge in [0.1, 0.15) is 0 Å². The van der Waals surface area contributed by atoms with Crippen molar-refractivity contribution in [3.8, 4) is 0 Å². The van der Waals surface area contributed by atoms with Crippen molar-refractivity contribution in [2.75, 3.05) is 5.32 Å². The molecule has 6 nitrogen and oxygen atoms in total. The molecule has 28 heavy (non-hydrogen) atoms. The topological polar surface area (TPSA) is 89.3 Å². The number of rotatable bonds is 6. The van der Waals surface area contributed by atoms with Crippen molar-refractivity contribution in [3.05, 3.63) is 112 Å². The van der Waals surface area contributed by atoms with Crippen molar-refractivity contribution in [1.29, 1.82) is 0 Å². The number of para-hydroxylation sites is 1. The summed E-state index contributed by atoms with van der Waals surface area (Å²) in [6.07, 6.45) is 2.85. The second kappa shape index (κ2) is 8.55. The highest BCUT2D eigenvalue weighted by atomic mass is 16.6. The average molecular weight is 372 g/mol. The van der Waals surface area contributed by atoms with E-state index in [4.69, 9.17) is 0 Å². The lowest BCUT2D eigenvalue weighted by atomic mass is 10.0. The molecule has 0 spiro atoms. The van der Waals surface area contributed by atoms with Crippen LogP contribution in [0.5, 0.6) is 0 Å². The molecule has 0 fully saturated rings. The quantitative estimate of drug-likeness (QED) is 0.299. The summed E-state index contributed by atoms with van der Waals surface area (Å²) in [6, 6.07) is 21.4. The maximum absolute atomic E-state index is 12.7. The number of anilines is 1. The summed E-state index contributed by atoms with van der Waals surface area (Å²) in [4.78, 5) is 35.1. The third kappa shape index (κ3) is 4.56. The fourth-order valence-corrected chi connectivity index (χ4v) is 2.59. The Bertz CT molecular complexity index is 1040. The fourth-order valence-electron chi connectivity index (χ4n) is 2.59. The molecule has 0 aliphatic carbocycles. The molecule has 3 rings (SSSR count). The van der Waals surface area contributed by atoms with Gasteiger partial charge in [-0.25, -0.2) is 0 Å². The Morgan fingerprint density at radius 3 is 2.18 bits per heavy atom. The molecule has 0 radical (unpaired) electrons. The van der Waals surface area contributed by atoms with Gasteiger partial charge in [0.2, 0.25) is 5.91 Å². The van der Waals surface area contributed by atoms with E-state index in [1.807, 2.05) is 6.07 Å². The standard InChI is InChI=1S/C22H16N2O4/c25-21(15-12-16-10-13-18(14-11-16)24(27)28)23-20-9-5-4-8-19(20)22(26)17-6-2-1-3-7-17/h1-15H,(H,23,25)/b15-12+. The third-order valence-corrected chi connectivity index (χ3v) is 4.00. The van der Waals surface area contributed by atoms with Crippen LogP contribution >= 0.6 is 0 Å². The number of carbonyl (C=O) groups is 2. The van der Waals surface area contributed by atoms with Gasteiger partial charge in [-0.2, -0.15) is 0 Å². The van der Waals surface area contributed by atoms with Gasteiger partial charge in [0, 0.05) is 29.3 Å². The van der Waals surface area contributed by atoms with Crippen LogP contribution in [0.2, 0.25) is 0 Å². The second-order valence-corrected chi connectivity index (χ2v) is 5.91. The van der Waals surface area contributed by atoms with Crippen LogP contribution < -0.4 is 5.32 Å². The first-order valence-electron chi connectivity index (χ1n) is 8.47. The van der Waals surface area contributed by atoms with Gasteiger partial charge in [-0.3, -0.25) is 19.7 Å². The Kier molecular flexibility index (Phi) is 5.72. The Balaban J connectivity index is 1.74. The smallest absolute Gasteiger partial charge is 0.269 e. The van der Waals surface area contributed by atoms with Crippen molar-refractivity contribution >= 4 is 29.1 Å². The molecule has 1 amide bonds. The molecule has 3 aromatic carbocycles. The van der Waals surface area contributed by atoms with E-state index < -0.39 is 10.8 Å². The van der Waals surface area contributed by atoms with Crippen LogP contribution in [0.3, 0.4) is 0 Å². The van der Waals surface area contributed by atoms with E-state index in [1.165, 1.54) is 18.2 Å². The normalized spacial score (nSPS) is 10.6. The van der Waals surface area contributed by atoms with Gasteiger partial charge in [-0.05, 0) is 35.9 Å². The number of benzene rings is 3. The van der Waals surface area contributed by atoms with E-state index in [0.717, 1.165) is 0 Å². The van der Waals surface area contributed by atoms with Crippen molar-refractivity contribution < 1.29 is 14.5 Å². The van der Waals surface area contributed by atoms with E-state index in [0.29, 0.717) is 22.4 Å². The first kappa shape index (κ1) is 18.7. The molecule has 138 valence electrons. The zero-order chi connectivity index (χ0) is 19.9.